The van der Waals surface area contributed by atoms with Gasteiger partial charge in [-0.1, -0.05) is 0 Å². The smallest absolute Gasteiger partial charge is 0.0977 e. The average molecular weight is 154 g/mol. The van der Waals surface area contributed by atoms with Crippen LogP contribution < -0.4 is 5.73 Å². The van der Waals surface area contributed by atoms with Crippen molar-refractivity contribution in [3.05, 3.63) is 0 Å². The fraction of sp³-hybridized carbons (Fsp3) is 1.00. The van der Waals surface area contributed by atoms with Crippen molar-refractivity contribution in [3.63, 3.8) is 0 Å². The minimum atomic E-state index is 0. The predicted molar refractivity (Wildman–Crippen MR) is 36.8 cm³/mol. The lowest BCUT2D eigenvalue weighted by molar-refractivity contribution is 0.0777. The molecule has 1 rings (SSSR count). The van der Waals surface area contributed by atoms with Crippen LogP contribution in [-0.2, 0) is 9.47 Å². The summed E-state index contributed by atoms with van der Waals surface area (Å²) in [4.78, 5) is 0. The fourth-order valence-corrected chi connectivity index (χ4v) is 0.794. The van der Waals surface area contributed by atoms with Gasteiger partial charge in [0.15, 0.2) is 0 Å². The molecule has 0 aliphatic carbocycles. The molecule has 0 aromatic heterocycles. The fourth-order valence-electron chi connectivity index (χ4n) is 0.794. The van der Waals surface area contributed by atoms with Gasteiger partial charge < -0.3 is 15.2 Å². The number of halogens is 1. The van der Waals surface area contributed by atoms with Crippen molar-refractivity contribution in [2.24, 2.45) is 5.73 Å². The summed E-state index contributed by atoms with van der Waals surface area (Å²) in [5.41, 5.74) is 5.54. The lowest BCUT2D eigenvalue weighted by atomic mass is 10.2. The lowest BCUT2D eigenvalue weighted by Crippen LogP contribution is -2.34. The van der Waals surface area contributed by atoms with Crippen LogP contribution >= 0.6 is 12.4 Å². The van der Waals surface area contributed by atoms with Crippen LogP contribution in [0.4, 0.5) is 0 Å². The summed E-state index contributed by atoms with van der Waals surface area (Å²) >= 11 is 0. The Bertz CT molecular complexity index is 81.4. The van der Waals surface area contributed by atoms with Gasteiger partial charge in [0, 0.05) is 7.11 Å². The van der Waals surface area contributed by atoms with E-state index in [1.807, 2.05) is 0 Å². The SMILES string of the molecule is COC1COCC1N.Cl. The first-order valence-corrected chi connectivity index (χ1v) is 2.70. The molecule has 9 heavy (non-hydrogen) atoms. The minimum Gasteiger partial charge on any atom is -0.377 e. The van der Waals surface area contributed by atoms with E-state index < -0.39 is 0 Å². The summed E-state index contributed by atoms with van der Waals surface area (Å²) in [6.07, 6.45) is 0.120. The highest BCUT2D eigenvalue weighted by atomic mass is 35.5. The van der Waals surface area contributed by atoms with E-state index in [9.17, 15) is 0 Å². The Kier molecular flexibility index (Phi) is 4.14. The van der Waals surface area contributed by atoms with E-state index in [4.69, 9.17) is 15.2 Å². The Morgan fingerprint density at radius 3 is 2.44 bits per heavy atom. The van der Waals surface area contributed by atoms with E-state index in [0.717, 1.165) is 0 Å². The molecule has 1 aliphatic rings. The molecule has 56 valence electrons. The zero-order chi connectivity index (χ0) is 5.98. The predicted octanol–water partition coefficient (Wildman–Crippen LogP) is -0.219. The number of methoxy groups -OCH3 is 1. The summed E-state index contributed by atoms with van der Waals surface area (Å²) in [7, 11) is 1.65. The monoisotopic (exact) mass is 153 g/mol. The first-order chi connectivity index (χ1) is 3.84. The van der Waals surface area contributed by atoms with Crippen LogP contribution in [0.2, 0.25) is 0 Å². The molecule has 0 aromatic carbocycles. The molecule has 1 aliphatic heterocycles. The Labute approximate surface area is 60.9 Å². The molecule has 3 nitrogen and oxygen atoms in total. The van der Waals surface area contributed by atoms with Gasteiger partial charge in [0.25, 0.3) is 0 Å². The van der Waals surface area contributed by atoms with Crippen LogP contribution in [0.3, 0.4) is 0 Å². The van der Waals surface area contributed by atoms with E-state index in [1.165, 1.54) is 0 Å². The summed E-state index contributed by atoms with van der Waals surface area (Å²) in [5, 5.41) is 0. The molecule has 0 saturated carbocycles. The van der Waals surface area contributed by atoms with Crippen LogP contribution in [0.15, 0.2) is 0 Å². The van der Waals surface area contributed by atoms with Gasteiger partial charge in [0.1, 0.15) is 0 Å². The van der Waals surface area contributed by atoms with Crippen molar-refractivity contribution in [3.8, 4) is 0 Å². The van der Waals surface area contributed by atoms with Gasteiger partial charge >= 0.3 is 0 Å². The highest BCUT2D eigenvalue weighted by Gasteiger charge is 2.23. The van der Waals surface area contributed by atoms with Crippen molar-refractivity contribution in [2.45, 2.75) is 12.1 Å². The lowest BCUT2D eigenvalue weighted by Gasteiger charge is -2.08. The van der Waals surface area contributed by atoms with Gasteiger partial charge in [-0.05, 0) is 0 Å². The van der Waals surface area contributed by atoms with Crippen LogP contribution in [0, 0.1) is 0 Å². The molecule has 2 atom stereocenters. The standard InChI is InChI=1S/C5H11NO2.ClH/c1-7-5-3-8-2-4(5)6;/h4-5H,2-3,6H2,1H3;1H. The van der Waals surface area contributed by atoms with Gasteiger partial charge in [-0.25, -0.2) is 0 Å². The molecule has 1 heterocycles. The normalized spacial score (nSPS) is 34.0. The molecule has 0 spiro atoms. The maximum absolute atomic E-state index is 5.54. The van der Waals surface area contributed by atoms with Gasteiger partial charge in [-0.15, -0.1) is 12.4 Å². The van der Waals surface area contributed by atoms with E-state index in [-0.39, 0.29) is 24.6 Å². The molecule has 0 aromatic rings. The summed E-state index contributed by atoms with van der Waals surface area (Å²) in [5.74, 6) is 0. The molecule has 1 fully saturated rings. The second-order valence-corrected chi connectivity index (χ2v) is 1.98. The first-order valence-electron chi connectivity index (χ1n) is 2.70. The largest absolute Gasteiger partial charge is 0.377 e. The van der Waals surface area contributed by atoms with E-state index in [2.05, 4.69) is 0 Å². The van der Waals surface area contributed by atoms with Gasteiger partial charge in [0.05, 0.1) is 25.4 Å². The van der Waals surface area contributed by atoms with E-state index in [1.54, 1.807) is 7.11 Å². The molecule has 0 bridgehead atoms. The Morgan fingerprint density at radius 1 is 1.56 bits per heavy atom. The molecule has 4 heteroatoms. The molecule has 1 saturated heterocycles. The third-order valence-electron chi connectivity index (χ3n) is 1.37. The molecule has 0 amide bonds. The van der Waals surface area contributed by atoms with E-state index in [0.29, 0.717) is 13.2 Å². The third kappa shape index (κ3) is 2.10. The zero-order valence-electron chi connectivity index (χ0n) is 5.37. The van der Waals surface area contributed by atoms with Gasteiger partial charge in [0.2, 0.25) is 0 Å². The quantitative estimate of drug-likeness (QED) is 0.567. The zero-order valence-corrected chi connectivity index (χ0v) is 6.19. The summed E-state index contributed by atoms with van der Waals surface area (Å²) < 4.78 is 9.98. The maximum atomic E-state index is 5.54. The second-order valence-electron chi connectivity index (χ2n) is 1.98. The Hall–Kier alpha value is 0.170. The third-order valence-corrected chi connectivity index (χ3v) is 1.37. The minimum absolute atomic E-state index is 0. The molecule has 0 radical (unpaired) electrons. The second kappa shape index (κ2) is 4.06. The molecular weight excluding hydrogens is 142 g/mol. The first kappa shape index (κ1) is 9.17. The number of rotatable bonds is 1. The average Bonchev–Trinajstić information content (AvgIpc) is 2.14. The number of ether oxygens (including phenoxy) is 2. The maximum Gasteiger partial charge on any atom is 0.0977 e. The highest BCUT2D eigenvalue weighted by molar-refractivity contribution is 5.85. The summed E-state index contributed by atoms with van der Waals surface area (Å²) in [6, 6.07) is 0.0833. The molecular formula is C5H12ClNO2. The van der Waals surface area contributed by atoms with Gasteiger partial charge in [-0.3, -0.25) is 0 Å². The van der Waals surface area contributed by atoms with Crippen molar-refractivity contribution in [1.29, 1.82) is 0 Å². The van der Waals surface area contributed by atoms with Crippen LogP contribution in [0.1, 0.15) is 0 Å². The Balaban J connectivity index is 0.000000640. The number of hydrogen-bond acceptors (Lipinski definition) is 3. The molecule has 2 N–H and O–H groups in total. The van der Waals surface area contributed by atoms with Gasteiger partial charge in [-0.2, -0.15) is 0 Å². The van der Waals surface area contributed by atoms with Crippen molar-refractivity contribution in [1.82, 2.24) is 0 Å². The molecule has 2 unspecified atom stereocenters. The number of hydrogen-bond donors (Lipinski definition) is 1. The summed E-state index contributed by atoms with van der Waals surface area (Å²) in [6.45, 7) is 1.29. The highest BCUT2D eigenvalue weighted by Crippen LogP contribution is 2.04. The Morgan fingerprint density at radius 2 is 2.22 bits per heavy atom. The topological polar surface area (TPSA) is 44.5 Å². The van der Waals surface area contributed by atoms with Crippen LogP contribution in [0.5, 0.6) is 0 Å². The van der Waals surface area contributed by atoms with Crippen LogP contribution in [0.25, 0.3) is 0 Å². The van der Waals surface area contributed by atoms with E-state index >= 15 is 0 Å². The van der Waals surface area contributed by atoms with Crippen molar-refractivity contribution < 1.29 is 9.47 Å². The van der Waals surface area contributed by atoms with Crippen LogP contribution in [-0.4, -0.2) is 32.5 Å². The van der Waals surface area contributed by atoms with Crippen molar-refractivity contribution in [2.75, 3.05) is 20.3 Å². The number of nitrogens with two attached hydrogens (primary N) is 1. The van der Waals surface area contributed by atoms with Crippen molar-refractivity contribution >= 4 is 12.4 Å².